The van der Waals surface area contributed by atoms with Gasteiger partial charge in [-0.3, -0.25) is 4.79 Å². The summed E-state index contributed by atoms with van der Waals surface area (Å²) in [5.41, 5.74) is -0.778. The maximum atomic E-state index is 11.6. The quantitative estimate of drug-likeness (QED) is 0.627. The highest BCUT2D eigenvalue weighted by atomic mass is 16.3. The van der Waals surface area contributed by atoms with Crippen LogP contribution in [0.25, 0.3) is 0 Å². The van der Waals surface area contributed by atoms with Crippen molar-refractivity contribution < 1.29 is 9.90 Å². The molecule has 0 radical (unpaired) electrons. The van der Waals surface area contributed by atoms with Gasteiger partial charge in [-0.25, -0.2) is 0 Å². The first-order valence-electron chi connectivity index (χ1n) is 4.82. The van der Waals surface area contributed by atoms with Crippen molar-refractivity contribution in [2.45, 2.75) is 25.9 Å². The predicted molar refractivity (Wildman–Crippen MR) is 50.4 cm³/mol. The Labute approximate surface area is 78.9 Å². The van der Waals surface area contributed by atoms with Crippen LogP contribution in [-0.4, -0.2) is 47.7 Å². The first kappa shape index (κ1) is 10.5. The Bertz CT molecular complexity index is 186. The fourth-order valence-corrected chi connectivity index (χ4v) is 1.51. The maximum Gasteiger partial charge on any atom is 0.225 e. The monoisotopic (exact) mass is 186 g/mol. The molecule has 0 aromatic heterocycles. The Morgan fingerprint density at radius 2 is 2.00 bits per heavy atom. The van der Waals surface area contributed by atoms with Gasteiger partial charge in [0.25, 0.3) is 0 Å². The number of nitrogens with one attached hydrogen (secondary N) is 1. The molecule has 1 rings (SSSR count). The molecule has 2 N–H and O–H groups in total. The van der Waals surface area contributed by atoms with E-state index in [0.717, 1.165) is 13.1 Å². The Balaban J connectivity index is 2.39. The van der Waals surface area contributed by atoms with Crippen LogP contribution in [0.5, 0.6) is 0 Å². The van der Waals surface area contributed by atoms with E-state index in [1.165, 1.54) is 0 Å². The third-order valence-corrected chi connectivity index (χ3v) is 2.50. The summed E-state index contributed by atoms with van der Waals surface area (Å²) in [7, 11) is 0. The zero-order valence-corrected chi connectivity index (χ0v) is 8.34. The smallest absolute Gasteiger partial charge is 0.225 e. The van der Waals surface area contributed by atoms with E-state index in [4.69, 9.17) is 0 Å². The lowest BCUT2D eigenvalue weighted by molar-refractivity contribution is -0.138. The molecule has 1 amide bonds. The summed E-state index contributed by atoms with van der Waals surface area (Å²) in [6.07, 6.45) is 0.252. The highest BCUT2D eigenvalue weighted by Gasteiger charge is 2.37. The normalized spacial score (nSPS) is 19.3. The van der Waals surface area contributed by atoms with Gasteiger partial charge in [-0.1, -0.05) is 0 Å². The maximum absolute atomic E-state index is 11.6. The fraction of sp³-hybridized carbons (Fsp3) is 0.889. The molecule has 1 fully saturated rings. The van der Waals surface area contributed by atoms with Crippen molar-refractivity contribution in [2.24, 2.45) is 0 Å². The SMILES string of the molecule is CCN(CC)C(=O)CC1(O)CNC1. The highest BCUT2D eigenvalue weighted by Crippen LogP contribution is 2.16. The molecule has 0 saturated carbocycles. The second-order valence-electron chi connectivity index (χ2n) is 3.57. The summed E-state index contributed by atoms with van der Waals surface area (Å²) >= 11 is 0. The molecule has 1 aliphatic heterocycles. The second-order valence-corrected chi connectivity index (χ2v) is 3.57. The van der Waals surface area contributed by atoms with Gasteiger partial charge in [-0.05, 0) is 13.8 Å². The minimum Gasteiger partial charge on any atom is -0.387 e. The average molecular weight is 186 g/mol. The van der Waals surface area contributed by atoms with E-state index in [9.17, 15) is 9.90 Å². The molecular formula is C9H18N2O2. The van der Waals surface area contributed by atoms with E-state index in [0.29, 0.717) is 13.1 Å². The molecule has 1 saturated heterocycles. The first-order valence-corrected chi connectivity index (χ1v) is 4.82. The summed E-state index contributed by atoms with van der Waals surface area (Å²) in [6, 6.07) is 0. The minimum absolute atomic E-state index is 0.0500. The van der Waals surface area contributed by atoms with Gasteiger partial charge in [0.15, 0.2) is 0 Å². The van der Waals surface area contributed by atoms with Crippen LogP contribution >= 0.6 is 0 Å². The van der Waals surface area contributed by atoms with Gasteiger partial charge in [-0.15, -0.1) is 0 Å². The van der Waals surface area contributed by atoms with Crippen LogP contribution in [0.1, 0.15) is 20.3 Å². The number of carbonyl (C=O) groups is 1. The van der Waals surface area contributed by atoms with Crippen molar-refractivity contribution >= 4 is 5.91 Å². The number of amides is 1. The predicted octanol–water partition coefficient (Wildman–Crippen LogP) is -0.421. The minimum atomic E-state index is -0.778. The van der Waals surface area contributed by atoms with Crippen LogP contribution in [0, 0.1) is 0 Å². The summed E-state index contributed by atoms with van der Waals surface area (Å²) in [6.45, 7) is 6.42. The lowest BCUT2D eigenvalue weighted by Crippen LogP contribution is -2.61. The van der Waals surface area contributed by atoms with E-state index in [1.807, 2.05) is 13.8 Å². The number of aliphatic hydroxyl groups is 1. The lowest BCUT2D eigenvalue weighted by atomic mass is 9.92. The van der Waals surface area contributed by atoms with Gasteiger partial charge in [-0.2, -0.15) is 0 Å². The van der Waals surface area contributed by atoms with Crippen LogP contribution in [0.2, 0.25) is 0 Å². The van der Waals surface area contributed by atoms with E-state index in [2.05, 4.69) is 5.32 Å². The van der Waals surface area contributed by atoms with Crippen molar-refractivity contribution in [1.29, 1.82) is 0 Å². The molecule has 0 aromatic rings. The molecule has 4 heteroatoms. The van der Waals surface area contributed by atoms with Gasteiger partial charge < -0.3 is 15.3 Å². The molecule has 0 bridgehead atoms. The summed E-state index contributed by atoms with van der Waals surface area (Å²) < 4.78 is 0. The molecule has 76 valence electrons. The van der Waals surface area contributed by atoms with Crippen molar-refractivity contribution in [3.05, 3.63) is 0 Å². The number of hydrogen-bond acceptors (Lipinski definition) is 3. The second kappa shape index (κ2) is 4.07. The molecule has 4 nitrogen and oxygen atoms in total. The number of rotatable bonds is 4. The summed E-state index contributed by atoms with van der Waals surface area (Å²) in [5, 5.41) is 12.7. The first-order chi connectivity index (χ1) is 6.11. The summed E-state index contributed by atoms with van der Waals surface area (Å²) in [4.78, 5) is 13.3. The van der Waals surface area contributed by atoms with Gasteiger partial charge in [0.1, 0.15) is 0 Å². The van der Waals surface area contributed by atoms with Crippen molar-refractivity contribution in [3.63, 3.8) is 0 Å². The average Bonchev–Trinajstić information content (AvgIpc) is 2.04. The van der Waals surface area contributed by atoms with Gasteiger partial charge in [0, 0.05) is 26.2 Å². The zero-order chi connectivity index (χ0) is 9.90. The van der Waals surface area contributed by atoms with Crippen LogP contribution in [0.3, 0.4) is 0 Å². The van der Waals surface area contributed by atoms with Crippen LogP contribution < -0.4 is 5.32 Å². The van der Waals surface area contributed by atoms with Gasteiger partial charge in [0.2, 0.25) is 5.91 Å². The standard InChI is InChI=1S/C9H18N2O2/c1-3-11(4-2)8(12)5-9(13)6-10-7-9/h10,13H,3-7H2,1-2H3. The van der Waals surface area contributed by atoms with Crippen molar-refractivity contribution in [2.75, 3.05) is 26.2 Å². The molecular weight excluding hydrogens is 168 g/mol. The van der Waals surface area contributed by atoms with E-state index < -0.39 is 5.60 Å². The molecule has 0 atom stereocenters. The molecule has 0 aliphatic carbocycles. The van der Waals surface area contributed by atoms with Crippen molar-refractivity contribution in [3.8, 4) is 0 Å². The Morgan fingerprint density at radius 1 is 1.46 bits per heavy atom. The summed E-state index contributed by atoms with van der Waals surface area (Å²) in [5.74, 6) is 0.0500. The van der Waals surface area contributed by atoms with Gasteiger partial charge >= 0.3 is 0 Å². The molecule has 13 heavy (non-hydrogen) atoms. The van der Waals surface area contributed by atoms with Crippen LogP contribution in [-0.2, 0) is 4.79 Å². The largest absolute Gasteiger partial charge is 0.387 e. The lowest BCUT2D eigenvalue weighted by Gasteiger charge is -2.38. The third-order valence-electron chi connectivity index (χ3n) is 2.50. The van der Waals surface area contributed by atoms with Crippen molar-refractivity contribution in [1.82, 2.24) is 10.2 Å². The van der Waals surface area contributed by atoms with E-state index in [-0.39, 0.29) is 12.3 Å². The number of nitrogens with zero attached hydrogens (tertiary/aromatic N) is 1. The highest BCUT2D eigenvalue weighted by molar-refractivity contribution is 5.77. The van der Waals surface area contributed by atoms with E-state index in [1.54, 1.807) is 4.90 Å². The number of β-amino-alcohol motifs (C(OH)–C–C–N with tert-alkyl or cyclic N) is 1. The molecule has 0 aromatic carbocycles. The molecule has 1 aliphatic rings. The van der Waals surface area contributed by atoms with Crippen LogP contribution in [0.4, 0.5) is 0 Å². The third kappa shape index (κ3) is 2.42. The fourth-order valence-electron chi connectivity index (χ4n) is 1.51. The van der Waals surface area contributed by atoms with Crippen LogP contribution in [0.15, 0.2) is 0 Å². The molecule has 1 heterocycles. The Hall–Kier alpha value is -0.610. The zero-order valence-electron chi connectivity index (χ0n) is 8.34. The number of hydrogen-bond donors (Lipinski definition) is 2. The number of carbonyl (C=O) groups excluding carboxylic acids is 1. The molecule has 0 unspecified atom stereocenters. The Kier molecular flexibility index (Phi) is 3.27. The Morgan fingerprint density at radius 3 is 2.31 bits per heavy atom. The topological polar surface area (TPSA) is 52.6 Å². The van der Waals surface area contributed by atoms with Gasteiger partial charge in [0.05, 0.1) is 12.0 Å². The molecule has 0 spiro atoms. The van der Waals surface area contributed by atoms with E-state index >= 15 is 0 Å².